The molecule has 0 saturated carbocycles. The van der Waals surface area contributed by atoms with E-state index in [1.54, 1.807) is 0 Å². The Hall–Kier alpha value is -1.51. The Labute approximate surface area is 106 Å². The van der Waals surface area contributed by atoms with Crippen LogP contribution >= 0.6 is 0 Å². The van der Waals surface area contributed by atoms with Crippen molar-refractivity contribution in [3.8, 4) is 0 Å². The van der Waals surface area contributed by atoms with Gasteiger partial charge in [0.1, 0.15) is 6.61 Å². The van der Waals surface area contributed by atoms with E-state index in [-0.39, 0.29) is 7.40 Å². The van der Waals surface area contributed by atoms with Crippen LogP contribution in [-0.2, 0) is 16.1 Å². The number of hydrogen-bond acceptors (Lipinski definition) is 3. The van der Waals surface area contributed by atoms with E-state index in [0.29, 0.717) is 6.61 Å². The molecular weight excluding hydrogens is 214 g/mol. The van der Waals surface area contributed by atoms with E-state index in [1.165, 1.54) is 6.92 Å². The molecule has 0 unspecified atom stereocenters. The van der Waals surface area contributed by atoms with Gasteiger partial charge < -0.3 is 10.1 Å². The van der Waals surface area contributed by atoms with Crippen molar-refractivity contribution in [2.75, 3.05) is 11.9 Å². The maximum Gasteiger partial charge on any atom is 0.302 e. The molecule has 0 atom stereocenters. The number of carbonyl (C=O) groups is 1. The number of carbonyl (C=O) groups excluding carboxylic acids is 1. The van der Waals surface area contributed by atoms with Crippen LogP contribution < -0.4 is 5.32 Å². The van der Waals surface area contributed by atoms with E-state index in [4.69, 9.17) is 4.74 Å². The second-order valence-corrected chi connectivity index (χ2v) is 3.40. The van der Waals surface area contributed by atoms with Gasteiger partial charge in [0, 0.05) is 20.6 Å². The summed E-state index contributed by atoms with van der Waals surface area (Å²) in [7, 11) is 0. The molecule has 98 valence electrons. The van der Waals surface area contributed by atoms with Crippen LogP contribution in [0.2, 0.25) is 0 Å². The average molecular weight is 239 g/mol. The topological polar surface area (TPSA) is 38.3 Å². The van der Waals surface area contributed by atoms with Crippen molar-refractivity contribution in [3.05, 3.63) is 29.8 Å². The third-order valence-electron chi connectivity index (χ3n) is 1.98. The molecule has 0 saturated heterocycles. The Morgan fingerprint density at radius 2 is 1.88 bits per heavy atom. The molecule has 1 N–H and O–H groups in total. The number of ether oxygens (including phenoxy) is 1. The lowest BCUT2D eigenvalue weighted by atomic mass is 10.2. The summed E-state index contributed by atoms with van der Waals surface area (Å²) in [6.07, 6.45) is 1.11. The highest BCUT2D eigenvalue weighted by Crippen LogP contribution is 2.10. The summed E-state index contributed by atoms with van der Waals surface area (Å²) in [6, 6.07) is 7.91. The SMILES string of the molecule is CC.CCCNc1ccc(COC(C)=O)cc1.[HH]. The third-order valence-corrected chi connectivity index (χ3v) is 1.98. The summed E-state index contributed by atoms with van der Waals surface area (Å²) in [5, 5.41) is 3.28. The largest absolute Gasteiger partial charge is 0.461 e. The van der Waals surface area contributed by atoms with E-state index in [1.807, 2.05) is 38.1 Å². The van der Waals surface area contributed by atoms with Crippen LogP contribution in [0.4, 0.5) is 5.69 Å². The molecule has 3 nitrogen and oxygen atoms in total. The molecular formula is C14H25NO2. The predicted octanol–water partition coefficient (Wildman–Crippen LogP) is 3.84. The Morgan fingerprint density at radius 3 is 2.35 bits per heavy atom. The summed E-state index contributed by atoms with van der Waals surface area (Å²) in [5.41, 5.74) is 2.11. The summed E-state index contributed by atoms with van der Waals surface area (Å²) in [6.45, 7) is 8.87. The molecule has 3 heteroatoms. The molecule has 0 aliphatic carbocycles. The second kappa shape index (κ2) is 9.70. The van der Waals surface area contributed by atoms with Crippen LogP contribution in [0.25, 0.3) is 0 Å². The number of rotatable bonds is 5. The Kier molecular flexibility index (Phi) is 8.84. The molecule has 0 radical (unpaired) electrons. The third kappa shape index (κ3) is 7.39. The van der Waals surface area contributed by atoms with Gasteiger partial charge >= 0.3 is 5.97 Å². The summed E-state index contributed by atoms with van der Waals surface area (Å²) in [4.78, 5) is 10.6. The van der Waals surface area contributed by atoms with Crippen LogP contribution in [0.1, 0.15) is 41.1 Å². The van der Waals surface area contributed by atoms with Crippen molar-refractivity contribution in [2.45, 2.75) is 40.7 Å². The second-order valence-electron chi connectivity index (χ2n) is 3.40. The molecule has 0 amide bonds. The van der Waals surface area contributed by atoms with Gasteiger partial charge in [0.05, 0.1) is 0 Å². The van der Waals surface area contributed by atoms with Crippen molar-refractivity contribution in [1.82, 2.24) is 0 Å². The van der Waals surface area contributed by atoms with Gasteiger partial charge in [0.2, 0.25) is 0 Å². The zero-order valence-corrected chi connectivity index (χ0v) is 11.2. The minimum absolute atomic E-state index is 0. The Balaban J connectivity index is 0. The number of anilines is 1. The minimum Gasteiger partial charge on any atom is -0.461 e. The minimum atomic E-state index is -0.247. The summed E-state index contributed by atoms with van der Waals surface area (Å²) in [5.74, 6) is -0.247. The normalized spacial score (nSPS) is 8.94. The highest BCUT2D eigenvalue weighted by molar-refractivity contribution is 5.65. The Bertz CT molecular complexity index is 312. The number of nitrogens with one attached hydrogen (secondary N) is 1. The van der Waals surface area contributed by atoms with E-state index in [0.717, 1.165) is 24.2 Å². The summed E-state index contributed by atoms with van der Waals surface area (Å²) < 4.78 is 4.89. The molecule has 1 rings (SSSR count). The monoisotopic (exact) mass is 239 g/mol. The van der Waals surface area contributed by atoms with Gasteiger partial charge in [-0.1, -0.05) is 32.9 Å². The molecule has 0 fully saturated rings. The van der Waals surface area contributed by atoms with E-state index < -0.39 is 0 Å². The van der Waals surface area contributed by atoms with Crippen LogP contribution in [-0.4, -0.2) is 12.5 Å². The number of benzene rings is 1. The van der Waals surface area contributed by atoms with Crippen molar-refractivity contribution in [3.63, 3.8) is 0 Å². The fraction of sp³-hybridized carbons (Fsp3) is 0.500. The molecule has 1 aromatic rings. The first kappa shape index (κ1) is 15.5. The Morgan fingerprint density at radius 1 is 1.29 bits per heavy atom. The van der Waals surface area contributed by atoms with Crippen LogP contribution in [0.5, 0.6) is 0 Å². The smallest absolute Gasteiger partial charge is 0.302 e. The van der Waals surface area contributed by atoms with Crippen molar-refractivity contribution in [1.29, 1.82) is 0 Å². The molecule has 0 aliphatic heterocycles. The predicted molar refractivity (Wildman–Crippen MR) is 74.2 cm³/mol. The first-order chi connectivity index (χ1) is 8.22. The fourth-order valence-corrected chi connectivity index (χ4v) is 1.17. The van der Waals surface area contributed by atoms with Crippen LogP contribution in [0.15, 0.2) is 24.3 Å². The van der Waals surface area contributed by atoms with Crippen LogP contribution in [0, 0.1) is 0 Å². The molecule has 0 bridgehead atoms. The van der Waals surface area contributed by atoms with Gasteiger partial charge in [-0.2, -0.15) is 0 Å². The molecule has 0 aliphatic rings. The first-order valence-corrected chi connectivity index (χ1v) is 6.18. The van der Waals surface area contributed by atoms with Crippen molar-refractivity contribution < 1.29 is 11.0 Å². The molecule has 17 heavy (non-hydrogen) atoms. The molecule has 0 heterocycles. The molecule has 1 aromatic carbocycles. The fourth-order valence-electron chi connectivity index (χ4n) is 1.17. The van der Waals surface area contributed by atoms with Gasteiger partial charge in [-0.25, -0.2) is 0 Å². The van der Waals surface area contributed by atoms with Gasteiger partial charge in [0.15, 0.2) is 0 Å². The van der Waals surface area contributed by atoms with Gasteiger partial charge in [0.25, 0.3) is 0 Å². The van der Waals surface area contributed by atoms with Gasteiger partial charge in [-0.15, -0.1) is 0 Å². The number of hydrogen-bond donors (Lipinski definition) is 1. The van der Waals surface area contributed by atoms with Gasteiger partial charge in [-0.3, -0.25) is 4.79 Å². The van der Waals surface area contributed by atoms with E-state index >= 15 is 0 Å². The molecule has 0 aromatic heterocycles. The highest BCUT2D eigenvalue weighted by atomic mass is 16.5. The maximum atomic E-state index is 10.6. The number of esters is 1. The van der Waals surface area contributed by atoms with Crippen molar-refractivity contribution >= 4 is 11.7 Å². The maximum absolute atomic E-state index is 10.6. The lowest BCUT2D eigenvalue weighted by Gasteiger charge is -2.06. The van der Waals surface area contributed by atoms with Crippen LogP contribution in [0.3, 0.4) is 0 Å². The standard InChI is InChI=1S/C12H17NO2.C2H6.H2/c1-3-8-13-12-6-4-11(5-7-12)9-15-10(2)14;1-2;/h4-7,13H,3,8-9H2,1-2H3;1-2H3;1H. The van der Waals surface area contributed by atoms with E-state index in [9.17, 15) is 4.79 Å². The zero-order valence-electron chi connectivity index (χ0n) is 11.2. The van der Waals surface area contributed by atoms with Crippen molar-refractivity contribution in [2.24, 2.45) is 0 Å². The van der Waals surface area contributed by atoms with E-state index in [2.05, 4.69) is 12.2 Å². The summed E-state index contributed by atoms with van der Waals surface area (Å²) >= 11 is 0. The lowest BCUT2D eigenvalue weighted by molar-refractivity contribution is -0.142. The first-order valence-electron chi connectivity index (χ1n) is 6.18. The quantitative estimate of drug-likeness (QED) is 0.793. The average Bonchev–Trinajstić information content (AvgIpc) is 2.37. The lowest BCUT2D eigenvalue weighted by Crippen LogP contribution is -2.01. The molecule has 0 spiro atoms. The zero-order chi connectivity index (χ0) is 13.1. The highest BCUT2D eigenvalue weighted by Gasteiger charge is 1.96. The van der Waals surface area contributed by atoms with Gasteiger partial charge in [-0.05, 0) is 24.1 Å².